The molecule has 1 heterocycles. The molecule has 2 aromatic rings. The van der Waals surface area contributed by atoms with Crippen molar-refractivity contribution in [1.29, 1.82) is 0 Å². The van der Waals surface area contributed by atoms with Crippen LogP contribution in [0.2, 0.25) is 0 Å². The van der Waals surface area contributed by atoms with E-state index >= 15 is 0 Å². The van der Waals surface area contributed by atoms with Gasteiger partial charge < -0.3 is 5.32 Å². The molecule has 0 spiro atoms. The van der Waals surface area contributed by atoms with E-state index in [1.54, 1.807) is 0 Å². The first-order valence-corrected chi connectivity index (χ1v) is 7.53. The predicted molar refractivity (Wildman–Crippen MR) is 81.8 cm³/mol. The Bertz CT molecular complexity index is 586. The Hall–Kier alpha value is -1.61. The van der Waals surface area contributed by atoms with Crippen molar-refractivity contribution in [1.82, 2.24) is 15.1 Å². The molecular formula is C17H23N3. The molecule has 3 heteroatoms. The highest BCUT2D eigenvalue weighted by Crippen LogP contribution is 2.32. The van der Waals surface area contributed by atoms with E-state index in [1.165, 1.54) is 41.6 Å². The molecule has 1 N–H and O–H groups in total. The highest BCUT2D eigenvalue weighted by Gasteiger charge is 2.21. The Labute approximate surface area is 121 Å². The quantitative estimate of drug-likeness (QED) is 0.924. The summed E-state index contributed by atoms with van der Waals surface area (Å²) in [7, 11) is 1.98. The Morgan fingerprint density at radius 3 is 3.05 bits per heavy atom. The first-order valence-electron chi connectivity index (χ1n) is 7.53. The molecule has 0 aliphatic heterocycles. The lowest BCUT2D eigenvalue weighted by Gasteiger charge is -2.25. The average molecular weight is 269 g/mol. The van der Waals surface area contributed by atoms with Crippen molar-refractivity contribution in [3.8, 4) is 0 Å². The highest BCUT2D eigenvalue weighted by molar-refractivity contribution is 5.32. The third kappa shape index (κ3) is 2.50. The fourth-order valence-corrected chi connectivity index (χ4v) is 3.29. The summed E-state index contributed by atoms with van der Waals surface area (Å²) in [5.74, 6) is 0.612. The van der Waals surface area contributed by atoms with Gasteiger partial charge in [0.1, 0.15) is 0 Å². The van der Waals surface area contributed by atoms with Crippen molar-refractivity contribution in [3.63, 3.8) is 0 Å². The second kappa shape index (κ2) is 5.80. The van der Waals surface area contributed by atoms with Gasteiger partial charge in [-0.1, -0.05) is 24.3 Å². The van der Waals surface area contributed by atoms with Gasteiger partial charge in [-0.25, -0.2) is 0 Å². The van der Waals surface area contributed by atoms with Crippen LogP contribution in [0.3, 0.4) is 0 Å². The summed E-state index contributed by atoms with van der Waals surface area (Å²) in [6.45, 7) is 4.08. The summed E-state index contributed by atoms with van der Waals surface area (Å²) < 4.78 is 2.18. The molecule has 0 fully saturated rings. The van der Waals surface area contributed by atoms with Gasteiger partial charge in [0.05, 0.1) is 6.20 Å². The molecule has 1 atom stereocenters. The predicted octanol–water partition coefficient (Wildman–Crippen LogP) is 3.03. The third-order valence-electron chi connectivity index (χ3n) is 4.46. The van der Waals surface area contributed by atoms with Gasteiger partial charge in [-0.05, 0) is 44.4 Å². The van der Waals surface area contributed by atoms with E-state index in [9.17, 15) is 0 Å². The SMILES string of the molecule is CNCc1cnn(CC2CCCc3ccccc32)c1C. The van der Waals surface area contributed by atoms with Crippen molar-refractivity contribution < 1.29 is 0 Å². The molecule has 0 bridgehead atoms. The monoisotopic (exact) mass is 269 g/mol. The van der Waals surface area contributed by atoms with Crippen LogP contribution in [-0.2, 0) is 19.5 Å². The summed E-state index contributed by atoms with van der Waals surface area (Å²) in [5, 5.41) is 7.78. The van der Waals surface area contributed by atoms with Crippen LogP contribution in [0.1, 0.15) is 41.1 Å². The maximum Gasteiger partial charge on any atom is 0.0537 e. The smallest absolute Gasteiger partial charge is 0.0537 e. The fourth-order valence-electron chi connectivity index (χ4n) is 3.29. The molecule has 1 unspecified atom stereocenters. The molecule has 3 nitrogen and oxygen atoms in total. The summed E-state index contributed by atoms with van der Waals surface area (Å²) in [4.78, 5) is 0. The molecule has 20 heavy (non-hydrogen) atoms. The number of fused-ring (bicyclic) bond motifs is 1. The summed E-state index contributed by atoms with van der Waals surface area (Å²) >= 11 is 0. The molecule has 1 aliphatic carbocycles. The molecule has 1 aromatic carbocycles. The molecule has 106 valence electrons. The summed E-state index contributed by atoms with van der Waals surface area (Å²) in [6.07, 6.45) is 5.80. The number of hydrogen-bond acceptors (Lipinski definition) is 2. The summed E-state index contributed by atoms with van der Waals surface area (Å²) in [5.41, 5.74) is 5.66. The van der Waals surface area contributed by atoms with E-state index in [0.29, 0.717) is 5.92 Å². The number of nitrogens with one attached hydrogen (secondary N) is 1. The van der Waals surface area contributed by atoms with Crippen molar-refractivity contribution in [2.24, 2.45) is 0 Å². The van der Waals surface area contributed by atoms with Crippen LogP contribution in [0, 0.1) is 6.92 Å². The largest absolute Gasteiger partial charge is 0.316 e. The van der Waals surface area contributed by atoms with Crippen LogP contribution in [0.25, 0.3) is 0 Å². The maximum absolute atomic E-state index is 4.58. The molecular weight excluding hydrogens is 246 g/mol. The van der Waals surface area contributed by atoms with Crippen LogP contribution in [0.15, 0.2) is 30.5 Å². The van der Waals surface area contributed by atoms with Crippen molar-refractivity contribution in [2.75, 3.05) is 7.05 Å². The Balaban J connectivity index is 1.82. The molecule has 1 aliphatic rings. The number of benzene rings is 1. The lowest BCUT2D eigenvalue weighted by Crippen LogP contribution is -2.17. The standard InChI is InChI=1S/C17H23N3/c1-13-16(10-18-2)11-19-20(13)12-15-8-5-7-14-6-3-4-9-17(14)15/h3-4,6,9,11,15,18H,5,7-8,10,12H2,1-2H3. The molecule has 0 radical (unpaired) electrons. The van der Waals surface area contributed by atoms with Crippen molar-refractivity contribution in [3.05, 3.63) is 52.8 Å². The van der Waals surface area contributed by atoms with E-state index in [1.807, 2.05) is 13.2 Å². The first-order chi connectivity index (χ1) is 9.79. The molecule has 3 rings (SSSR count). The minimum Gasteiger partial charge on any atom is -0.316 e. The highest BCUT2D eigenvalue weighted by atomic mass is 15.3. The first kappa shape index (κ1) is 13.4. The molecule has 0 saturated heterocycles. The third-order valence-corrected chi connectivity index (χ3v) is 4.46. The number of hydrogen-bond donors (Lipinski definition) is 1. The van der Waals surface area contributed by atoms with E-state index in [2.05, 4.69) is 46.3 Å². The fraction of sp³-hybridized carbons (Fsp3) is 0.471. The lowest BCUT2D eigenvalue weighted by molar-refractivity contribution is 0.451. The van der Waals surface area contributed by atoms with Gasteiger partial charge in [0.2, 0.25) is 0 Å². The van der Waals surface area contributed by atoms with Crippen LogP contribution >= 0.6 is 0 Å². The zero-order valence-electron chi connectivity index (χ0n) is 12.4. The zero-order chi connectivity index (χ0) is 13.9. The Morgan fingerprint density at radius 2 is 2.20 bits per heavy atom. The van der Waals surface area contributed by atoms with E-state index in [-0.39, 0.29) is 0 Å². The zero-order valence-corrected chi connectivity index (χ0v) is 12.4. The van der Waals surface area contributed by atoms with Gasteiger partial charge >= 0.3 is 0 Å². The Morgan fingerprint density at radius 1 is 1.35 bits per heavy atom. The average Bonchev–Trinajstić information content (AvgIpc) is 2.81. The van der Waals surface area contributed by atoms with Gasteiger partial charge in [0.15, 0.2) is 0 Å². The number of aromatic nitrogens is 2. The van der Waals surface area contributed by atoms with Gasteiger partial charge in [-0.2, -0.15) is 5.10 Å². The second-order valence-corrected chi connectivity index (χ2v) is 5.76. The van der Waals surface area contributed by atoms with E-state index < -0.39 is 0 Å². The molecule has 0 saturated carbocycles. The maximum atomic E-state index is 4.58. The summed E-state index contributed by atoms with van der Waals surface area (Å²) in [6, 6.07) is 8.90. The van der Waals surface area contributed by atoms with Crippen molar-refractivity contribution >= 4 is 0 Å². The second-order valence-electron chi connectivity index (χ2n) is 5.76. The topological polar surface area (TPSA) is 29.9 Å². The van der Waals surface area contributed by atoms with Crippen LogP contribution in [0.5, 0.6) is 0 Å². The molecule has 0 amide bonds. The van der Waals surface area contributed by atoms with Gasteiger partial charge in [-0.3, -0.25) is 4.68 Å². The van der Waals surface area contributed by atoms with E-state index in [4.69, 9.17) is 0 Å². The number of aryl methyl sites for hydroxylation is 1. The van der Waals surface area contributed by atoms with Gasteiger partial charge in [-0.15, -0.1) is 0 Å². The number of nitrogens with zero attached hydrogens (tertiary/aromatic N) is 2. The molecule has 1 aromatic heterocycles. The van der Waals surface area contributed by atoms with Crippen molar-refractivity contribution in [2.45, 2.75) is 45.2 Å². The Kier molecular flexibility index (Phi) is 3.88. The normalized spacial score (nSPS) is 18.0. The minimum absolute atomic E-state index is 0.612. The van der Waals surface area contributed by atoms with Crippen LogP contribution in [0.4, 0.5) is 0 Å². The minimum atomic E-state index is 0.612. The van der Waals surface area contributed by atoms with Gasteiger partial charge in [0.25, 0.3) is 0 Å². The van der Waals surface area contributed by atoms with Gasteiger partial charge in [0, 0.05) is 30.3 Å². The van der Waals surface area contributed by atoms with E-state index in [0.717, 1.165) is 13.1 Å². The number of rotatable bonds is 4. The van der Waals surface area contributed by atoms with Crippen LogP contribution in [-0.4, -0.2) is 16.8 Å². The lowest BCUT2D eigenvalue weighted by atomic mass is 9.83. The van der Waals surface area contributed by atoms with Crippen LogP contribution < -0.4 is 5.32 Å².